The summed E-state index contributed by atoms with van der Waals surface area (Å²) in [4.78, 5) is 10.4. The molecule has 1 rings (SSSR count). The predicted molar refractivity (Wildman–Crippen MR) is 66.5 cm³/mol. The molecule has 88 valence electrons. The first kappa shape index (κ1) is 14.0. The Bertz CT molecular complexity index is 417. The molecule has 0 radical (unpaired) electrons. The molecule has 1 unspecified atom stereocenters. The minimum absolute atomic E-state index is 0.227. The Morgan fingerprint density at radius 1 is 1.38 bits per heavy atom. The molecule has 0 fully saturated rings. The van der Waals surface area contributed by atoms with E-state index >= 15 is 0 Å². The molecule has 0 heterocycles. The second kappa shape index (κ2) is 5.03. The van der Waals surface area contributed by atoms with E-state index in [4.69, 9.17) is 0 Å². The summed E-state index contributed by atoms with van der Waals surface area (Å²) >= 11 is 4.86. The molecule has 0 aromatic heterocycles. The average Bonchev–Trinajstić information content (AvgIpc) is 2.14. The van der Waals surface area contributed by atoms with Crippen LogP contribution >= 0.6 is 38.5 Å². The number of alkyl halides is 4. The molecule has 0 aliphatic rings. The van der Waals surface area contributed by atoms with Gasteiger partial charge in [0.25, 0.3) is 0 Å². The van der Waals surface area contributed by atoms with E-state index in [1.165, 1.54) is 6.92 Å². The lowest BCUT2D eigenvalue weighted by Gasteiger charge is -2.12. The fraction of sp³-hybridized carbons (Fsp3) is 0.300. The van der Waals surface area contributed by atoms with Gasteiger partial charge in [0.15, 0.2) is 0 Å². The molecule has 0 amide bonds. The van der Waals surface area contributed by atoms with Crippen LogP contribution in [0.5, 0.6) is 0 Å². The van der Waals surface area contributed by atoms with Crippen LogP contribution in [0.15, 0.2) is 18.2 Å². The van der Waals surface area contributed by atoms with Crippen LogP contribution in [0.25, 0.3) is 0 Å². The van der Waals surface area contributed by atoms with Crippen LogP contribution in [0.2, 0.25) is 0 Å². The third-order valence-electron chi connectivity index (χ3n) is 1.90. The number of carbonyl (C=O) groups is 1. The van der Waals surface area contributed by atoms with Crippen molar-refractivity contribution >= 4 is 44.3 Å². The Balaban J connectivity index is 3.23. The van der Waals surface area contributed by atoms with Gasteiger partial charge in [-0.1, -0.05) is 15.9 Å². The number of hydrogen-bond donors (Lipinski definition) is 0. The van der Waals surface area contributed by atoms with Crippen LogP contribution in [0, 0.1) is 3.57 Å². The van der Waals surface area contributed by atoms with Crippen LogP contribution in [0.4, 0.5) is 13.2 Å². The SMILES string of the molecule is CC(=O)C(Br)c1cc(I)cc(C(F)(F)F)c1. The van der Waals surface area contributed by atoms with E-state index in [0.717, 1.165) is 12.1 Å². The zero-order chi connectivity index (χ0) is 12.5. The summed E-state index contributed by atoms with van der Waals surface area (Å²) in [6, 6.07) is 3.59. The first-order chi connectivity index (χ1) is 7.21. The van der Waals surface area contributed by atoms with Gasteiger partial charge >= 0.3 is 6.18 Å². The minimum atomic E-state index is -4.39. The highest BCUT2D eigenvalue weighted by molar-refractivity contribution is 14.1. The number of halogens is 5. The number of ketones is 1. The van der Waals surface area contributed by atoms with Gasteiger partial charge in [-0.25, -0.2) is 0 Å². The zero-order valence-corrected chi connectivity index (χ0v) is 11.9. The molecule has 6 heteroatoms. The smallest absolute Gasteiger partial charge is 0.298 e. The maximum absolute atomic E-state index is 12.5. The Labute approximate surface area is 113 Å². The molecular weight excluding hydrogens is 400 g/mol. The summed E-state index contributed by atoms with van der Waals surface area (Å²) in [7, 11) is 0. The maximum Gasteiger partial charge on any atom is 0.416 e. The van der Waals surface area contributed by atoms with Gasteiger partial charge in [-0.05, 0) is 53.3 Å². The topological polar surface area (TPSA) is 17.1 Å². The molecular formula is C10H7BrF3IO. The molecule has 0 N–H and O–H groups in total. The van der Waals surface area contributed by atoms with Gasteiger partial charge in [-0.2, -0.15) is 13.2 Å². The van der Waals surface area contributed by atoms with E-state index in [9.17, 15) is 18.0 Å². The average molecular weight is 407 g/mol. The van der Waals surface area contributed by atoms with Gasteiger partial charge in [-0.3, -0.25) is 4.79 Å². The normalized spacial score (nSPS) is 13.6. The van der Waals surface area contributed by atoms with Crippen molar-refractivity contribution < 1.29 is 18.0 Å². The van der Waals surface area contributed by atoms with Crippen LogP contribution in [-0.2, 0) is 11.0 Å². The number of Topliss-reactive ketones (excluding diaryl/α,β-unsaturated/α-hetero) is 1. The highest BCUT2D eigenvalue weighted by Gasteiger charge is 2.31. The van der Waals surface area contributed by atoms with Crippen molar-refractivity contribution in [2.45, 2.75) is 17.9 Å². The van der Waals surface area contributed by atoms with Crippen LogP contribution in [0.3, 0.4) is 0 Å². The van der Waals surface area contributed by atoms with E-state index in [2.05, 4.69) is 15.9 Å². The van der Waals surface area contributed by atoms with Crippen molar-refractivity contribution in [2.75, 3.05) is 0 Å². The summed E-state index contributed by atoms with van der Waals surface area (Å²) in [5.74, 6) is -0.227. The summed E-state index contributed by atoms with van der Waals surface area (Å²) in [5, 5.41) is 0. The van der Waals surface area contributed by atoms with Crippen molar-refractivity contribution in [3.05, 3.63) is 32.9 Å². The van der Waals surface area contributed by atoms with Gasteiger partial charge in [0.1, 0.15) is 5.78 Å². The Morgan fingerprint density at radius 2 is 1.94 bits per heavy atom. The lowest BCUT2D eigenvalue weighted by atomic mass is 10.1. The third-order valence-corrected chi connectivity index (χ3v) is 3.69. The van der Waals surface area contributed by atoms with E-state index < -0.39 is 16.6 Å². The Hall–Kier alpha value is -0.110. The Morgan fingerprint density at radius 3 is 2.38 bits per heavy atom. The molecule has 1 aromatic rings. The van der Waals surface area contributed by atoms with Gasteiger partial charge in [0, 0.05) is 3.57 Å². The second-order valence-corrected chi connectivity index (χ2v) is 5.41. The lowest BCUT2D eigenvalue weighted by Crippen LogP contribution is -2.08. The molecule has 0 saturated heterocycles. The fourth-order valence-corrected chi connectivity index (χ4v) is 2.12. The number of hydrogen-bond acceptors (Lipinski definition) is 1. The van der Waals surface area contributed by atoms with E-state index in [0.29, 0.717) is 9.13 Å². The highest BCUT2D eigenvalue weighted by atomic mass is 127. The molecule has 0 saturated carbocycles. The van der Waals surface area contributed by atoms with E-state index in [1.54, 1.807) is 28.7 Å². The van der Waals surface area contributed by atoms with Crippen LogP contribution in [-0.4, -0.2) is 5.78 Å². The summed E-state index contributed by atoms with van der Waals surface area (Å²) in [6.07, 6.45) is -4.39. The molecule has 16 heavy (non-hydrogen) atoms. The monoisotopic (exact) mass is 406 g/mol. The number of rotatable bonds is 2. The maximum atomic E-state index is 12.5. The minimum Gasteiger partial charge on any atom is -0.298 e. The number of benzene rings is 1. The predicted octanol–water partition coefficient (Wildman–Crippen LogP) is 4.34. The summed E-state index contributed by atoms with van der Waals surface area (Å²) in [6.45, 7) is 1.33. The van der Waals surface area contributed by atoms with Crippen molar-refractivity contribution in [1.29, 1.82) is 0 Å². The van der Waals surface area contributed by atoms with Crippen molar-refractivity contribution in [3.63, 3.8) is 0 Å². The van der Waals surface area contributed by atoms with Crippen LogP contribution < -0.4 is 0 Å². The van der Waals surface area contributed by atoms with Gasteiger partial charge in [-0.15, -0.1) is 0 Å². The first-order valence-electron chi connectivity index (χ1n) is 4.24. The molecule has 1 atom stereocenters. The van der Waals surface area contributed by atoms with E-state index in [-0.39, 0.29) is 5.78 Å². The quantitative estimate of drug-likeness (QED) is 0.527. The first-order valence-corrected chi connectivity index (χ1v) is 6.23. The van der Waals surface area contributed by atoms with Gasteiger partial charge in [0.05, 0.1) is 10.4 Å². The van der Waals surface area contributed by atoms with Gasteiger partial charge < -0.3 is 0 Å². The number of carbonyl (C=O) groups excluding carboxylic acids is 1. The summed E-state index contributed by atoms with van der Waals surface area (Å²) < 4.78 is 38.0. The van der Waals surface area contributed by atoms with Gasteiger partial charge in [0.2, 0.25) is 0 Å². The molecule has 1 aromatic carbocycles. The van der Waals surface area contributed by atoms with Crippen molar-refractivity contribution in [2.24, 2.45) is 0 Å². The van der Waals surface area contributed by atoms with Crippen molar-refractivity contribution in [1.82, 2.24) is 0 Å². The van der Waals surface area contributed by atoms with Crippen molar-refractivity contribution in [3.8, 4) is 0 Å². The highest BCUT2D eigenvalue weighted by Crippen LogP contribution is 2.34. The second-order valence-electron chi connectivity index (χ2n) is 3.24. The lowest BCUT2D eigenvalue weighted by molar-refractivity contribution is -0.137. The fourth-order valence-electron chi connectivity index (χ4n) is 1.16. The molecule has 0 bridgehead atoms. The van der Waals surface area contributed by atoms with Crippen LogP contribution in [0.1, 0.15) is 22.9 Å². The molecule has 1 nitrogen and oxygen atoms in total. The largest absolute Gasteiger partial charge is 0.416 e. The third kappa shape index (κ3) is 3.44. The molecule has 0 aliphatic carbocycles. The zero-order valence-electron chi connectivity index (χ0n) is 8.11. The van der Waals surface area contributed by atoms with E-state index in [1.807, 2.05) is 0 Å². The molecule has 0 spiro atoms. The summed E-state index contributed by atoms with van der Waals surface area (Å²) in [5.41, 5.74) is -0.410. The Kier molecular flexibility index (Phi) is 4.39. The molecule has 0 aliphatic heterocycles. The standard InChI is InChI=1S/C10H7BrF3IO/c1-5(16)9(11)6-2-7(10(12,13)14)4-8(15)3-6/h2-4,9H,1H3.